The van der Waals surface area contributed by atoms with Crippen molar-refractivity contribution in [1.82, 2.24) is 0 Å². The van der Waals surface area contributed by atoms with Gasteiger partial charge in [-0.1, -0.05) is 29.3 Å². The summed E-state index contributed by atoms with van der Waals surface area (Å²) in [7, 11) is 0. The minimum absolute atomic E-state index is 0.272. The van der Waals surface area contributed by atoms with Gasteiger partial charge in [0.15, 0.2) is 5.78 Å². The maximum Gasteiger partial charge on any atom is 0.387 e. The highest BCUT2D eigenvalue weighted by molar-refractivity contribution is 6.37. The summed E-state index contributed by atoms with van der Waals surface area (Å²) in [5, 5.41) is 0.567. The zero-order chi connectivity index (χ0) is 19.3. The normalized spacial score (nSPS) is 11.4. The van der Waals surface area contributed by atoms with Crippen molar-refractivity contribution in [3.05, 3.63) is 63.6 Å². The van der Waals surface area contributed by atoms with Crippen LogP contribution < -0.4 is 9.47 Å². The molecule has 138 valence electrons. The Morgan fingerprint density at radius 1 is 0.962 bits per heavy atom. The van der Waals surface area contributed by atoms with E-state index in [4.69, 9.17) is 23.2 Å². The first-order valence-electron chi connectivity index (χ1n) is 6.98. The van der Waals surface area contributed by atoms with Crippen molar-refractivity contribution in [3.8, 4) is 11.5 Å². The van der Waals surface area contributed by atoms with E-state index in [0.717, 1.165) is 24.3 Å². The SMILES string of the molecule is O=C(C=Cc1c(Cl)cccc1Cl)c1ccc(OC(F)F)cc1OC(F)F. The number of carbonyl (C=O) groups excluding carboxylic acids is 1. The zero-order valence-corrected chi connectivity index (χ0v) is 14.3. The second-order valence-corrected chi connectivity index (χ2v) is 5.56. The van der Waals surface area contributed by atoms with Gasteiger partial charge in [0.1, 0.15) is 11.5 Å². The molecule has 0 radical (unpaired) electrons. The summed E-state index contributed by atoms with van der Waals surface area (Å²) in [6, 6.07) is 7.57. The van der Waals surface area contributed by atoms with E-state index < -0.39 is 30.5 Å². The average molecular weight is 409 g/mol. The lowest BCUT2D eigenvalue weighted by atomic mass is 10.1. The molecule has 0 fully saturated rings. The summed E-state index contributed by atoms with van der Waals surface area (Å²) in [6.45, 7) is -6.41. The maximum atomic E-state index is 12.5. The molecule has 0 heterocycles. The van der Waals surface area contributed by atoms with Gasteiger partial charge in [0, 0.05) is 21.7 Å². The van der Waals surface area contributed by atoms with Gasteiger partial charge in [0.2, 0.25) is 0 Å². The van der Waals surface area contributed by atoms with E-state index in [1.54, 1.807) is 18.2 Å². The lowest BCUT2D eigenvalue weighted by molar-refractivity contribution is -0.0544. The van der Waals surface area contributed by atoms with Gasteiger partial charge < -0.3 is 9.47 Å². The molecule has 0 atom stereocenters. The van der Waals surface area contributed by atoms with Gasteiger partial charge in [0.25, 0.3) is 0 Å². The van der Waals surface area contributed by atoms with Gasteiger partial charge in [-0.15, -0.1) is 0 Å². The van der Waals surface area contributed by atoms with Crippen molar-refractivity contribution in [2.45, 2.75) is 13.2 Å². The minimum Gasteiger partial charge on any atom is -0.435 e. The monoisotopic (exact) mass is 408 g/mol. The second kappa shape index (κ2) is 8.91. The number of ether oxygens (including phenoxy) is 2. The molecular formula is C17H10Cl2F4O3. The van der Waals surface area contributed by atoms with Crippen molar-refractivity contribution in [2.24, 2.45) is 0 Å². The smallest absolute Gasteiger partial charge is 0.387 e. The number of rotatable bonds is 7. The Labute approximate surface area is 155 Å². The summed E-state index contributed by atoms with van der Waals surface area (Å²) in [4.78, 5) is 12.3. The molecule has 3 nitrogen and oxygen atoms in total. The van der Waals surface area contributed by atoms with Gasteiger partial charge in [-0.05, 0) is 36.4 Å². The molecule has 2 rings (SSSR count). The quantitative estimate of drug-likeness (QED) is 0.315. The van der Waals surface area contributed by atoms with Crippen molar-refractivity contribution in [3.63, 3.8) is 0 Å². The first-order chi connectivity index (χ1) is 12.3. The van der Waals surface area contributed by atoms with Gasteiger partial charge in [0.05, 0.1) is 5.56 Å². The van der Waals surface area contributed by atoms with Crippen LogP contribution in [0.2, 0.25) is 10.0 Å². The molecule has 0 aromatic heterocycles. The van der Waals surface area contributed by atoms with E-state index in [1.165, 1.54) is 6.08 Å². The summed E-state index contributed by atoms with van der Waals surface area (Å²) in [6.07, 6.45) is 2.36. The predicted octanol–water partition coefficient (Wildman–Crippen LogP) is 6.09. The largest absolute Gasteiger partial charge is 0.435 e. The van der Waals surface area contributed by atoms with Gasteiger partial charge >= 0.3 is 13.2 Å². The molecule has 26 heavy (non-hydrogen) atoms. The number of ketones is 1. The third-order valence-corrected chi connectivity index (χ3v) is 3.72. The van der Waals surface area contributed by atoms with Crippen LogP contribution in [0.15, 0.2) is 42.5 Å². The number of halogens is 6. The van der Waals surface area contributed by atoms with Crippen LogP contribution >= 0.6 is 23.2 Å². The van der Waals surface area contributed by atoms with Gasteiger partial charge in [-0.2, -0.15) is 17.6 Å². The standard InChI is InChI=1S/C17H10Cl2F4O3/c18-12-2-1-3-13(19)10(12)6-7-14(24)11-5-4-9(25-16(20)21)8-15(11)26-17(22)23/h1-8,16-17H. The van der Waals surface area contributed by atoms with Gasteiger partial charge in [-0.3, -0.25) is 4.79 Å². The van der Waals surface area contributed by atoms with Crippen molar-refractivity contribution in [1.29, 1.82) is 0 Å². The third-order valence-electron chi connectivity index (χ3n) is 3.06. The molecular weight excluding hydrogens is 399 g/mol. The molecule has 0 bridgehead atoms. The Balaban J connectivity index is 2.33. The average Bonchev–Trinajstić information content (AvgIpc) is 2.53. The summed E-state index contributed by atoms with van der Waals surface area (Å²) < 4.78 is 57.9. The fourth-order valence-electron chi connectivity index (χ4n) is 1.99. The summed E-state index contributed by atoms with van der Waals surface area (Å²) >= 11 is 11.9. The third kappa shape index (κ3) is 5.37. The molecule has 0 aliphatic carbocycles. The Hall–Kier alpha value is -2.25. The van der Waals surface area contributed by atoms with Crippen LogP contribution in [0.5, 0.6) is 11.5 Å². The first-order valence-corrected chi connectivity index (χ1v) is 7.73. The number of benzene rings is 2. The molecule has 0 aliphatic rings. The summed E-state index contributed by atoms with van der Waals surface area (Å²) in [5.41, 5.74) is 0.0875. The highest BCUT2D eigenvalue weighted by Gasteiger charge is 2.17. The van der Waals surface area contributed by atoms with Crippen molar-refractivity contribution < 1.29 is 31.8 Å². The Morgan fingerprint density at radius 3 is 2.15 bits per heavy atom. The van der Waals surface area contributed by atoms with E-state index in [1.807, 2.05) is 0 Å². The lowest BCUT2D eigenvalue weighted by Crippen LogP contribution is -2.08. The van der Waals surface area contributed by atoms with E-state index >= 15 is 0 Å². The fourth-order valence-corrected chi connectivity index (χ4v) is 2.52. The molecule has 9 heteroatoms. The Kier molecular flexibility index (Phi) is 6.88. The zero-order valence-electron chi connectivity index (χ0n) is 12.8. The topological polar surface area (TPSA) is 35.5 Å². The first kappa shape index (κ1) is 20.1. The van der Waals surface area contributed by atoms with Crippen LogP contribution in [-0.2, 0) is 0 Å². The molecule has 0 saturated heterocycles. The Morgan fingerprint density at radius 2 is 1.58 bits per heavy atom. The van der Waals surface area contributed by atoms with E-state index in [0.29, 0.717) is 5.56 Å². The van der Waals surface area contributed by atoms with Crippen LogP contribution in [0, 0.1) is 0 Å². The molecule has 0 amide bonds. The fraction of sp³-hybridized carbons (Fsp3) is 0.118. The number of carbonyl (C=O) groups is 1. The van der Waals surface area contributed by atoms with Crippen LogP contribution in [0.4, 0.5) is 17.6 Å². The van der Waals surface area contributed by atoms with Gasteiger partial charge in [-0.25, -0.2) is 0 Å². The molecule has 0 aliphatic heterocycles. The molecule has 0 unspecified atom stereocenters. The highest BCUT2D eigenvalue weighted by Crippen LogP contribution is 2.29. The van der Waals surface area contributed by atoms with Crippen LogP contribution in [0.3, 0.4) is 0 Å². The number of hydrogen-bond acceptors (Lipinski definition) is 3. The molecule has 2 aromatic rings. The predicted molar refractivity (Wildman–Crippen MR) is 89.5 cm³/mol. The minimum atomic E-state index is -3.26. The van der Waals surface area contributed by atoms with Crippen LogP contribution in [-0.4, -0.2) is 19.0 Å². The van der Waals surface area contributed by atoms with E-state index in [2.05, 4.69) is 9.47 Å². The number of hydrogen-bond donors (Lipinski definition) is 0. The van der Waals surface area contributed by atoms with Crippen molar-refractivity contribution >= 4 is 35.1 Å². The highest BCUT2D eigenvalue weighted by atomic mass is 35.5. The molecule has 2 aromatic carbocycles. The summed E-state index contributed by atoms with van der Waals surface area (Å²) in [5.74, 6) is -1.75. The maximum absolute atomic E-state index is 12.5. The molecule has 0 N–H and O–H groups in total. The second-order valence-electron chi connectivity index (χ2n) is 4.75. The van der Waals surface area contributed by atoms with Crippen molar-refractivity contribution in [2.75, 3.05) is 0 Å². The van der Waals surface area contributed by atoms with E-state index in [9.17, 15) is 22.4 Å². The van der Waals surface area contributed by atoms with E-state index in [-0.39, 0.29) is 15.6 Å². The van der Waals surface area contributed by atoms with Crippen LogP contribution in [0.1, 0.15) is 15.9 Å². The molecule has 0 saturated carbocycles. The molecule has 0 spiro atoms. The Bertz CT molecular complexity index is 805. The number of allylic oxidation sites excluding steroid dienone is 1. The lowest BCUT2D eigenvalue weighted by Gasteiger charge is -2.11. The van der Waals surface area contributed by atoms with Crippen LogP contribution in [0.25, 0.3) is 6.08 Å². The number of alkyl halides is 4.